The van der Waals surface area contributed by atoms with E-state index in [1.165, 1.54) is 0 Å². The molecule has 0 aromatic carbocycles. The molecule has 88 valence electrons. The number of carbonyl (C=O) groups is 1. The van der Waals surface area contributed by atoms with Crippen molar-refractivity contribution in [3.8, 4) is 0 Å². The fraction of sp³-hybridized carbons (Fsp3) is 0.500. The largest absolute Gasteiger partial charge is 0.480 e. The first-order valence-corrected chi connectivity index (χ1v) is 5.46. The van der Waals surface area contributed by atoms with Crippen LogP contribution in [0.3, 0.4) is 0 Å². The first-order chi connectivity index (χ1) is 7.61. The molecule has 0 bridgehead atoms. The van der Waals surface area contributed by atoms with Gasteiger partial charge in [-0.15, -0.1) is 0 Å². The molecular formula is C12H18N2O2. The molecule has 1 aromatic rings. The van der Waals surface area contributed by atoms with Gasteiger partial charge in [0, 0.05) is 18.9 Å². The lowest BCUT2D eigenvalue weighted by atomic mass is 10.2. The molecule has 1 N–H and O–H groups in total. The van der Waals surface area contributed by atoms with Gasteiger partial charge in [0.15, 0.2) is 0 Å². The summed E-state index contributed by atoms with van der Waals surface area (Å²) in [6, 6.07) is 2.04. The summed E-state index contributed by atoms with van der Waals surface area (Å²) in [5, 5.41) is 8.79. The zero-order valence-electron chi connectivity index (χ0n) is 9.81. The maximum Gasteiger partial charge on any atom is 0.317 e. The van der Waals surface area contributed by atoms with Crippen LogP contribution in [-0.4, -0.2) is 34.0 Å². The summed E-state index contributed by atoms with van der Waals surface area (Å²) in [6.07, 6.45) is 4.54. The molecule has 0 aliphatic carbocycles. The number of aromatic nitrogens is 1. The number of hydrogen-bond donors (Lipinski definition) is 1. The van der Waals surface area contributed by atoms with Crippen LogP contribution >= 0.6 is 0 Å². The number of pyridine rings is 1. The van der Waals surface area contributed by atoms with Crippen molar-refractivity contribution in [2.75, 3.05) is 13.1 Å². The van der Waals surface area contributed by atoms with E-state index in [0.29, 0.717) is 6.54 Å². The van der Waals surface area contributed by atoms with E-state index in [1.807, 2.05) is 24.8 Å². The molecule has 1 rings (SSSR count). The van der Waals surface area contributed by atoms with Crippen molar-refractivity contribution in [3.63, 3.8) is 0 Å². The zero-order chi connectivity index (χ0) is 12.0. The number of aryl methyl sites for hydroxylation is 1. The molecule has 0 unspecified atom stereocenters. The van der Waals surface area contributed by atoms with Crippen LogP contribution in [0.4, 0.5) is 0 Å². The molecule has 0 saturated carbocycles. The third-order valence-corrected chi connectivity index (χ3v) is 2.24. The van der Waals surface area contributed by atoms with Gasteiger partial charge in [0.1, 0.15) is 0 Å². The lowest BCUT2D eigenvalue weighted by molar-refractivity contribution is -0.138. The van der Waals surface area contributed by atoms with Gasteiger partial charge in [-0.25, -0.2) is 0 Å². The van der Waals surface area contributed by atoms with Crippen LogP contribution in [0.25, 0.3) is 0 Å². The van der Waals surface area contributed by atoms with Crippen molar-refractivity contribution < 1.29 is 9.90 Å². The molecule has 0 atom stereocenters. The minimum absolute atomic E-state index is 0.0851. The molecule has 1 aromatic heterocycles. The van der Waals surface area contributed by atoms with Crippen LogP contribution in [-0.2, 0) is 11.3 Å². The van der Waals surface area contributed by atoms with Crippen molar-refractivity contribution in [2.24, 2.45) is 0 Å². The van der Waals surface area contributed by atoms with Gasteiger partial charge in [0.2, 0.25) is 0 Å². The second kappa shape index (κ2) is 6.23. The van der Waals surface area contributed by atoms with Gasteiger partial charge in [-0.1, -0.05) is 13.0 Å². The van der Waals surface area contributed by atoms with Gasteiger partial charge in [-0.3, -0.25) is 14.7 Å². The van der Waals surface area contributed by atoms with E-state index < -0.39 is 5.97 Å². The molecule has 1 heterocycles. The third-order valence-electron chi connectivity index (χ3n) is 2.24. The molecule has 0 radical (unpaired) electrons. The Balaban J connectivity index is 2.63. The van der Waals surface area contributed by atoms with Gasteiger partial charge >= 0.3 is 5.97 Å². The smallest absolute Gasteiger partial charge is 0.317 e. The van der Waals surface area contributed by atoms with E-state index in [1.54, 1.807) is 12.4 Å². The van der Waals surface area contributed by atoms with Gasteiger partial charge in [-0.05, 0) is 31.0 Å². The highest BCUT2D eigenvalue weighted by Crippen LogP contribution is 2.06. The Morgan fingerprint density at radius 1 is 1.50 bits per heavy atom. The molecule has 0 aliphatic heterocycles. The fourth-order valence-electron chi connectivity index (χ4n) is 1.68. The normalized spacial score (nSPS) is 10.7. The van der Waals surface area contributed by atoms with E-state index in [2.05, 4.69) is 4.98 Å². The Labute approximate surface area is 95.9 Å². The monoisotopic (exact) mass is 222 g/mol. The molecule has 0 aliphatic rings. The van der Waals surface area contributed by atoms with E-state index in [-0.39, 0.29) is 6.54 Å². The maximum atomic E-state index is 10.7. The Kier molecular flexibility index (Phi) is 4.92. The van der Waals surface area contributed by atoms with Crippen LogP contribution in [0.2, 0.25) is 0 Å². The SMILES string of the molecule is CCCN(CC(=O)O)Cc1cncc(C)c1. The summed E-state index contributed by atoms with van der Waals surface area (Å²) in [5.41, 5.74) is 2.17. The van der Waals surface area contributed by atoms with Gasteiger partial charge in [-0.2, -0.15) is 0 Å². The van der Waals surface area contributed by atoms with Gasteiger partial charge in [0.05, 0.1) is 6.54 Å². The van der Waals surface area contributed by atoms with Crippen LogP contribution in [0, 0.1) is 6.92 Å². The average molecular weight is 222 g/mol. The summed E-state index contributed by atoms with van der Waals surface area (Å²) in [6.45, 7) is 5.55. The summed E-state index contributed by atoms with van der Waals surface area (Å²) < 4.78 is 0. The molecule has 4 heteroatoms. The van der Waals surface area contributed by atoms with Crippen molar-refractivity contribution in [2.45, 2.75) is 26.8 Å². The maximum absolute atomic E-state index is 10.7. The Hall–Kier alpha value is -1.42. The topological polar surface area (TPSA) is 53.4 Å². The number of carboxylic acid groups (broad SMARTS) is 1. The minimum atomic E-state index is -0.783. The summed E-state index contributed by atoms with van der Waals surface area (Å²) in [7, 11) is 0. The van der Waals surface area contributed by atoms with Crippen LogP contribution in [0.1, 0.15) is 24.5 Å². The molecule has 0 saturated heterocycles. The number of carboxylic acids is 1. The molecule has 16 heavy (non-hydrogen) atoms. The van der Waals surface area contributed by atoms with Crippen LogP contribution in [0.5, 0.6) is 0 Å². The molecule has 0 spiro atoms. The second-order valence-electron chi connectivity index (χ2n) is 3.97. The minimum Gasteiger partial charge on any atom is -0.480 e. The molecule has 0 fully saturated rings. The first-order valence-electron chi connectivity index (χ1n) is 5.46. The van der Waals surface area contributed by atoms with Crippen molar-refractivity contribution >= 4 is 5.97 Å². The summed E-state index contributed by atoms with van der Waals surface area (Å²) in [4.78, 5) is 16.7. The standard InChI is InChI=1S/C12H18N2O2/c1-3-4-14(9-12(15)16)8-11-5-10(2)6-13-7-11/h5-7H,3-4,8-9H2,1-2H3,(H,15,16). The highest BCUT2D eigenvalue weighted by Gasteiger charge is 2.09. The lowest BCUT2D eigenvalue weighted by Crippen LogP contribution is -2.30. The predicted molar refractivity (Wildman–Crippen MR) is 62.2 cm³/mol. The summed E-state index contributed by atoms with van der Waals surface area (Å²) in [5.74, 6) is -0.783. The Bertz CT molecular complexity index is 353. The second-order valence-corrected chi connectivity index (χ2v) is 3.97. The number of hydrogen-bond acceptors (Lipinski definition) is 3. The highest BCUT2D eigenvalue weighted by molar-refractivity contribution is 5.69. The van der Waals surface area contributed by atoms with Crippen molar-refractivity contribution in [3.05, 3.63) is 29.6 Å². The summed E-state index contributed by atoms with van der Waals surface area (Å²) >= 11 is 0. The lowest BCUT2D eigenvalue weighted by Gasteiger charge is -2.19. The van der Waals surface area contributed by atoms with Crippen molar-refractivity contribution in [1.29, 1.82) is 0 Å². The van der Waals surface area contributed by atoms with E-state index in [9.17, 15) is 4.79 Å². The zero-order valence-corrected chi connectivity index (χ0v) is 9.81. The van der Waals surface area contributed by atoms with Crippen molar-refractivity contribution in [1.82, 2.24) is 9.88 Å². The Morgan fingerprint density at radius 3 is 2.81 bits per heavy atom. The molecule has 0 amide bonds. The third kappa shape index (κ3) is 4.40. The first kappa shape index (κ1) is 12.6. The van der Waals surface area contributed by atoms with E-state index in [4.69, 9.17) is 5.11 Å². The number of nitrogens with zero attached hydrogens (tertiary/aromatic N) is 2. The number of aliphatic carboxylic acids is 1. The predicted octanol–water partition coefficient (Wildman–Crippen LogP) is 1.69. The Morgan fingerprint density at radius 2 is 2.25 bits per heavy atom. The number of rotatable bonds is 6. The quantitative estimate of drug-likeness (QED) is 0.795. The van der Waals surface area contributed by atoms with E-state index >= 15 is 0 Å². The van der Waals surface area contributed by atoms with Gasteiger partial charge < -0.3 is 5.11 Å². The highest BCUT2D eigenvalue weighted by atomic mass is 16.4. The average Bonchev–Trinajstić information content (AvgIpc) is 2.16. The molecule has 4 nitrogen and oxygen atoms in total. The van der Waals surface area contributed by atoms with Crippen LogP contribution < -0.4 is 0 Å². The van der Waals surface area contributed by atoms with Gasteiger partial charge in [0.25, 0.3) is 0 Å². The fourth-order valence-corrected chi connectivity index (χ4v) is 1.68. The van der Waals surface area contributed by atoms with E-state index in [0.717, 1.165) is 24.1 Å². The van der Waals surface area contributed by atoms with Crippen LogP contribution in [0.15, 0.2) is 18.5 Å². The molecular weight excluding hydrogens is 204 g/mol.